The molecule has 7 heteroatoms. The van der Waals surface area contributed by atoms with Crippen molar-refractivity contribution in [2.45, 2.75) is 18.6 Å². The predicted molar refractivity (Wildman–Crippen MR) is 89.5 cm³/mol. The van der Waals surface area contributed by atoms with Crippen molar-refractivity contribution < 1.29 is 9.90 Å². The standard InChI is InChI=1S/C17H14N4O2S/c22-13-8-10-4-1-2-5-11(10)14(13)21-16(23)12-9-24-17(20-12)15-18-6-3-7-19-15/h1-7,9,13-14,22H,8H2,(H,21,23). The first-order chi connectivity index (χ1) is 11.7. The van der Waals surface area contributed by atoms with Crippen molar-refractivity contribution in [3.05, 3.63) is 64.9 Å². The van der Waals surface area contributed by atoms with E-state index < -0.39 is 12.1 Å². The lowest BCUT2D eigenvalue weighted by molar-refractivity contribution is 0.0854. The number of carbonyl (C=O) groups excluding carboxylic acids is 1. The zero-order valence-electron chi connectivity index (χ0n) is 12.6. The van der Waals surface area contributed by atoms with Gasteiger partial charge in [0, 0.05) is 24.2 Å². The maximum atomic E-state index is 12.5. The Hall–Kier alpha value is -2.64. The number of hydrogen-bond donors (Lipinski definition) is 2. The number of nitrogens with zero attached hydrogens (tertiary/aromatic N) is 3. The molecule has 1 aliphatic carbocycles. The van der Waals surface area contributed by atoms with E-state index in [4.69, 9.17) is 0 Å². The number of rotatable bonds is 3. The molecule has 0 saturated heterocycles. The lowest BCUT2D eigenvalue weighted by atomic mass is 10.1. The Balaban J connectivity index is 1.54. The van der Waals surface area contributed by atoms with Crippen LogP contribution in [-0.4, -0.2) is 32.1 Å². The van der Waals surface area contributed by atoms with Gasteiger partial charge in [0.2, 0.25) is 0 Å². The Kier molecular flexibility index (Phi) is 3.79. The molecular weight excluding hydrogens is 324 g/mol. The average molecular weight is 338 g/mol. The smallest absolute Gasteiger partial charge is 0.271 e. The van der Waals surface area contributed by atoms with Gasteiger partial charge in [0.05, 0.1) is 12.1 Å². The number of carbonyl (C=O) groups is 1. The summed E-state index contributed by atoms with van der Waals surface area (Å²) < 4.78 is 0. The molecule has 1 aliphatic rings. The average Bonchev–Trinajstić information content (AvgIpc) is 3.21. The summed E-state index contributed by atoms with van der Waals surface area (Å²) in [6.07, 6.45) is 3.19. The second kappa shape index (κ2) is 6.10. The van der Waals surface area contributed by atoms with Crippen molar-refractivity contribution >= 4 is 17.2 Å². The number of aliphatic hydroxyl groups excluding tert-OH is 1. The first kappa shape index (κ1) is 14.9. The number of amides is 1. The van der Waals surface area contributed by atoms with Gasteiger partial charge in [0.15, 0.2) is 10.8 Å². The molecule has 2 atom stereocenters. The lowest BCUT2D eigenvalue weighted by Gasteiger charge is -2.17. The highest BCUT2D eigenvalue weighted by Crippen LogP contribution is 2.31. The molecule has 4 rings (SSSR count). The van der Waals surface area contributed by atoms with Gasteiger partial charge in [-0.2, -0.15) is 0 Å². The molecule has 2 aromatic heterocycles. The van der Waals surface area contributed by atoms with Gasteiger partial charge in [-0.25, -0.2) is 15.0 Å². The molecule has 2 N–H and O–H groups in total. The Morgan fingerprint density at radius 1 is 1.21 bits per heavy atom. The summed E-state index contributed by atoms with van der Waals surface area (Å²) in [4.78, 5) is 25.0. The van der Waals surface area contributed by atoms with E-state index >= 15 is 0 Å². The number of aromatic nitrogens is 3. The molecule has 0 spiro atoms. The molecule has 3 aromatic rings. The summed E-state index contributed by atoms with van der Waals surface area (Å²) >= 11 is 1.32. The van der Waals surface area contributed by atoms with Crippen LogP contribution in [-0.2, 0) is 6.42 Å². The number of aliphatic hydroxyl groups is 1. The van der Waals surface area contributed by atoms with Crippen LogP contribution in [0.2, 0.25) is 0 Å². The number of fused-ring (bicyclic) bond motifs is 1. The third-order valence-electron chi connectivity index (χ3n) is 3.98. The molecule has 0 saturated carbocycles. The molecule has 24 heavy (non-hydrogen) atoms. The molecule has 0 aliphatic heterocycles. The summed E-state index contributed by atoms with van der Waals surface area (Å²) in [6, 6.07) is 9.06. The highest BCUT2D eigenvalue weighted by atomic mass is 32.1. The van der Waals surface area contributed by atoms with Crippen molar-refractivity contribution in [1.29, 1.82) is 0 Å². The van der Waals surface area contributed by atoms with Crippen LogP contribution in [0.4, 0.5) is 0 Å². The Morgan fingerprint density at radius 2 is 2.00 bits per heavy atom. The topological polar surface area (TPSA) is 88.0 Å². The molecular formula is C17H14N4O2S. The third-order valence-corrected chi connectivity index (χ3v) is 4.82. The molecule has 0 fully saturated rings. The molecule has 1 aromatic carbocycles. The van der Waals surface area contributed by atoms with Gasteiger partial charge >= 0.3 is 0 Å². The monoisotopic (exact) mass is 338 g/mol. The molecule has 2 unspecified atom stereocenters. The van der Waals surface area contributed by atoms with E-state index in [0.717, 1.165) is 11.1 Å². The summed E-state index contributed by atoms with van der Waals surface area (Å²) in [7, 11) is 0. The minimum atomic E-state index is -0.623. The van der Waals surface area contributed by atoms with E-state index in [1.807, 2.05) is 24.3 Å². The molecule has 6 nitrogen and oxygen atoms in total. The van der Waals surface area contributed by atoms with Crippen molar-refractivity contribution in [3.8, 4) is 10.8 Å². The van der Waals surface area contributed by atoms with Crippen LogP contribution in [0.3, 0.4) is 0 Å². The van der Waals surface area contributed by atoms with E-state index in [-0.39, 0.29) is 5.91 Å². The van der Waals surface area contributed by atoms with Crippen LogP contribution in [0.5, 0.6) is 0 Å². The van der Waals surface area contributed by atoms with E-state index in [9.17, 15) is 9.90 Å². The number of benzene rings is 1. The summed E-state index contributed by atoms with van der Waals surface area (Å²) in [5, 5.41) is 15.4. The molecule has 0 bridgehead atoms. The normalized spacial score (nSPS) is 19.0. The van der Waals surface area contributed by atoms with E-state index in [0.29, 0.717) is 22.9 Å². The Labute approximate surface area is 142 Å². The van der Waals surface area contributed by atoms with E-state index in [1.165, 1.54) is 11.3 Å². The highest BCUT2D eigenvalue weighted by molar-refractivity contribution is 7.13. The number of thiazole rings is 1. The van der Waals surface area contributed by atoms with Crippen molar-refractivity contribution in [2.75, 3.05) is 0 Å². The largest absolute Gasteiger partial charge is 0.390 e. The second-order valence-electron chi connectivity index (χ2n) is 5.53. The molecule has 2 heterocycles. The van der Waals surface area contributed by atoms with E-state index in [1.54, 1.807) is 23.8 Å². The lowest BCUT2D eigenvalue weighted by Crippen LogP contribution is -2.34. The Morgan fingerprint density at radius 3 is 2.83 bits per heavy atom. The van der Waals surface area contributed by atoms with Crippen LogP contribution in [0.25, 0.3) is 10.8 Å². The fraction of sp³-hybridized carbons (Fsp3) is 0.176. The van der Waals surface area contributed by atoms with Gasteiger partial charge in [-0.05, 0) is 17.2 Å². The predicted octanol–water partition coefficient (Wildman–Crippen LogP) is 1.99. The van der Waals surface area contributed by atoms with Crippen molar-refractivity contribution in [1.82, 2.24) is 20.3 Å². The third kappa shape index (κ3) is 2.68. The van der Waals surface area contributed by atoms with E-state index in [2.05, 4.69) is 20.3 Å². The number of hydrogen-bond acceptors (Lipinski definition) is 6. The SMILES string of the molecule is O=C(NC1c2ccccc2CC1O)c1csc(-c2ncccn2)n1. The molecule has 120 valence electrons. The molecule has 1 amide bonds. The summed E-state index contributed by atoms with van der Waals surface area (Å²) in [5.41, 5.74) is 2.33. The van der Waals surface area contributed by atoms with Gasteiger partial charge in [0.1, 0.15) is 5.69 Å². The first-order valence-electron chi connectivity index (χ1n) is 7.52. The molecule has 0 radical (unpaired) electrons. The van der Waals surface area contributed by atoms with Gasteiger partial charge < -0.3 is 10.4 Å². The zero-order valence-corrected chi connectivity index (χ0v) is 13.4. The van der Waals surface area contributed by atoms with Crippen LogP contribution < -0.4 is 5.32 Å². The van der Waals surface area contributed by atoms with Crippen molar-refractivity contribution in [3.63, 3.8) is 0 Å². The van der Waals surface area contributed by atoms with Crippen LogP contribution in [0, 0.1) is 0 Å². The number of nitrogens with one attached hydrogen (secondary N) is 1. The minimum absolute atomic E-state index is 0.305. The Bertz CT molecular complexity index is 881. The summed E-state index contributed by atoms with van der Waals surface area (Å²) in [5.74, 6) is 0.182. The minimum Gasteiger partial charge on any atom is -0.390 e. The zero-order chi connectivity index (χ0) is 16.5. The summed E-state index contributed by atoms with van der Waals surface area (Å²) in [6.45, 7) is 0. The van der Waals surface area contributed by atoms with Gasteiger partial charge in [0.25, 0.3) is 5.91 Å². The van der Waals surface area contributed by atoms with Gasteiger partial charge in [-0.1, -0.05) is 24.3 Å². The van der Waals surface area contributed by atoms with Crippen molar-refractivity contribution in [2.24, 2.45) is 0 Å². The second-order valence-corrected chi connectivity index (χ2v) is 6.39. The van der Waals surface area contributed by atoms with Crippen LogP contribution >= 0.6 is 11.3 Å². The fourth-order valence-electron chi connectivity index (χ4n) is 2.85. The maximum Gasteiger partial charge on any atom is 0.271 e. The maximum absolute atomic E-state index is 12.5. The first-order valence-corrected chi connectivity index (χ1v) is 8.40. The quantitative estimate of drug-likeness (QED) is 0.762. The fourth-order valence-corrected chi connectivity index (χ4v) is 3.60. The van der Waals surface area contributed by atoms with Gasteiger partial charge in [-0.3, -0.25) is 4.79 Å². The highest BCUT2D eigenvalue weighted by Gasteiger charge is 2.32. The van der Waals surface area contributed by atoms with Crippen LogP contribution in [0.15, 0.2) is 48.1 Å². The van der Waals surface area contributed by atoms with Crippen LogP contribution in [0.1, 0.15) is 27.7 Å². The van der Waals surface area contributed by atoms with Gasteiger partial charge in [-0.15, -0.1) is 11.3 Å².